The second kappa shape index (κ2) is 7.58. The van der Waals surface area contributed by atoms with Crippen LogP contribution in [-0.4, -0.2) is 53.3 Å². The maximum Gasteiger partial charge on any atom is 0.243 e. The van der Waals surface area contributed by atoms with E-state index in [9.17, 15) is 28.0 Å². The van der Waals surface area contributed by atoms with Crippen molar-refractivity contribution in [2.75, 3.05) is 19.6 Å². The summed E-state index contributed by atoms with van der Waals surface area (Å²) >= 11 is 0. The van der Waals surface area contributed by atoms with E-state index in [-0.39, 0.29) is 42.2 Å². The van der Waals surface area contributed by atoms with Gasteiger partial charge in [-0.2, -0.15) is 5.26 Å². The largest absolute Gasteiger partial charge is 0.339 e. The van der Waals surface area contributed by atoms with Crippen molar-refractivity contribution in [3.05, 3.63) is 35.1 Å². The lowest BCUT2D eigenvalue weighted by Crippen LogP contribution is -2.44. The molecule has 0 radical (unpaired) electrons. The van der Waals surface area contributed by atoms with E-state index >= 15 is 0 Å². The molecule has 1 aromatic carbocycles. The zero-order valence-electron chi connectivity index (χ0n) is 16.4. The fraction of sp³-hybridized carbons (Fsp3) is 0.571. The second-order valence-corrected chi connectivity index (χ2v) is 8.63. The van der Waals surface area contributed by atoms with Gasteiger partial charge in [0.05, 0.1) is 12.1 Å². The van der Waals surface area contributed by atoms with E-state index in [1.54, 1.807) is 9.80 Å². The summed E-state index contributed by atoms with van der Waals surface area (Å²) in [5.41, 5.74) is 5.05. The highest BCUT2D eigenvalue weighted by Crippen LogP contribution is 2.47. The molecule has 3 atom stereocenters. The molecule has 3 fully saturated rings. The summed E-state index contributed by atoms with van der Waals surface area (Å²) in [6, 6.07) is 2.51. The number of rotatable bonds is 5. The van der Waals surface area contributed by atoms with Gasteiger partial charge in [-0.25, -0.2) is 13.2 Å². The fourth-order valence-corrected chi connectivity index (χ4v) is 4.65. The minimum Gasteiger partial charge on any atom is -0.339 e. The molecule has 1 saturated carbocycles. The molecule has 6 nitrogen and oxygen atoms in total. The Morgan fingerprint density at radius 2 is 1.90 bits per heavy atom. The van der Waals surface area contributed by atoms with E-state index in [4.69, 9.17) is 5.73 Å². The number of carbonyl (C=O) groups is 2. The maximum absolute atomic E-state index is 13.8. The Hall–Kier alpha value is -2.60. The minimum absolute atomic E-state index is 0.0578. The predicted octanol–water partition coefficient (Wildman–Crippen LogP) is 1.73. The molecule has 0 spiro atoms. The van der Waals surface area contributed by atoms with E-state index < -0.39 is 28.9 Å². The van der Waals surface area contributed by atoms with Crippen LogP contribution >= 0.6 is 0 Å². The quantitative estimate of drug-likeness (QED) is 0.735. The molecule has 4 rings (SSSR count). The maximum atomic E-state index is 13.8. The third kappa shape index (κ3) is 3.65. The molecule has 1 unspecified atom stereocenters. The topological polar surface area (TPSA) is 90.4 Å². The molecule has 2 heterocycles. The number of nitrogens with two attached hydrogens (primary N) is 1. The number of halogens is 3. The summed E-state index contributed by atoms with van der Waals surface area (Å²) in [4.78, 5) is 28.8. The predicted molar refractivity (Wildman–Crippen MR) is 100 cm³/mol. The van der Waals surface area contributed by atoms with Crippen LogP contribution in [0.25, 0.3) is 0 Å². The highest BCUT2D eigenvalue weighted by Gasteiger charge is 2.55. The van der Waals surface area contributed by atoms with Crippen molar-refractivity contribution < 1.29 is 22.8 Å². The van der Waals surface area contributed by atoms with Crippen LogP contribution in [-0.2, 0) is 16.0 Å². The smallest absolute Gasteiger partial charge is 0.243 e. The van der Waals surface area contributed by atoms with Crippen LogP contribution in [0.5, 0.6) is 0 Å². The summed E-state index contributed by atoms with van der Waals surface area (Å²) in [5.74, 6) is -3.49. The van der Waals surface area contributed by atoms with Crippen molar-refractivity contribution in [1.29, 1.82) is 5.26 Å². The number of amides is 2. The fourth-order valence-electron chi connectivity index (χ4n) is 4.65. The molecule has 3 aliphatic rings. The van der Waals surface area contributed by atoms with Crippen LogP contribution in [0.15, 0.2) is 12.1 Å². The molecule has 160 valence electrons. The summed E-state index contributed by atoms with van der Waals surface area (Å²) in [7, 11) is 0. The van der Waals surface area contributed by atoms with E-state index in [2.05, 4.69) is 6.07 Å². The summed E-state index contributed by atoms with van der Waals surface area (Å²) < 4.78 is 40.3. The minimum atomic E-state index is -1.27. The highest BCUT2D eigenvalue weighted by atomic mass is 19.2. The van der Waals surface area contributed by atoms with E-state index in [0.717, 1.165) is 12.5 Å². The van der Waals surface area contributed by atoms with Crippen molar-refractivity contribution in [2.45, 2.75) is 44.2 Å². The van der Waals surface area contributed by atoms with Crippen molar-refractivity contribution in [1.82, 2.24) is 9.80 Å². The lowest BCUT2D eigenvalue weighted by Gasteiger charge is -2.27. The van der Waals surface area contributed by atoms with Crippen LogP contribution in [0.4, 0.5) is 13.2 Å². The summed E-state index contributed by atoms with van der Waals surface area (Å²) in [5, 5.41) is 9.26. The molecule has 0 bridgehead atoms. The van der Waals surface area contributed by atoms with E-state index in [1.165, 1.54) is 0 Å². The molecular formula is C21H23F3N4O2. The van der Waals surface area contributed by atoms with Gasteiger partial charge in [0.15, 0.2) is 11.6 Å². The first-order valence-electron chi connectivity index (χ1n) is 10.1. The lowest BCUT2D eigenvalue weighted by molar-refractivity contribution is -0.136. The molecule has 0 aromatic heterocycles. The SMILES string of the molecule is N#CC1(C(=O)N2C[C@@H]3CCN(C(=O)CC(N)Cc4cc(F)c(F)cc4F)[C@@H]3C2)CC1. The molecule has 2 saturated heterocycles. The third-order valence-electron chi connectivity index (χ3n) is 6.54. The van der Waals surface area contributed by atoms with Crippen LogP contribution in [0, 0.1) is 40.1 Å². The number of nitriles is 1. The number of fused-ring (bicyclic) bond motifs is 1. The summed E-state index contributed by atoms with van der Waals surface area (Å²) in [6.45, 7) is 1.51. The van der Waals surface area contributed by atoms with Gasteiger partial charge in [-0.3, -0.25) is 9.59 Å². The number of hydrogen-bond donors (Lipinski definition) is 1. The Balaban J connectivity index is 1.36. The second-order valence-electron chi connectivity index (χ2n) is 8.63. The van der Waals surface area contributed by atoms with Gasteiger partial charge in [0, 0.05) is 44.1 Å². The van der Waals surface area contributed by atoms with Crippen molar-refractivity contribution in [2.24, 2.45) is 17.1 Å². The van der Waals surface area contributed by atoms with Gasteiger partial charge in [-0.1, -0.05) is 0 Å². The van der Waals surface area contributed by atoms with Gasteiger partial charge in [0.1, 0.15) is 11.2 Å². The number of nitrogens with zero attached hydrogens (tertiary/aromatic N) is 3. The third-order valence-corrected chi connectivity index (χ3v) is 6.54. The Morgan fingerprint density at radius 1 is 1.20 bits per heavy atom. The van der Waals surface area contributed by atoms with Gasteiger partial charge >= 0.3 is 0 Å². The van der Waals surface area contributed by atoms with Crippen LogP contribution in [0.3, 0.4) is 0 Å². The van der Waals surface area contributed by atoms with Crippen molar-refractivity contribution >= 4 is 11.8 Å². The van der Waals surface area contributed by atoms with Gasteiger partial charge in [-0.15, -0.1) is 0 Å². The highest BCUT2D eigenvalue weighted by molar-refractivity contribution is 5.88. The van der Waals surface area contributed by atoms with Crippen molar-refractivity contribution in [3.63, 3.8) is 0 Å². The molecular weight excluding hydrogens is 397 g/mol. The molecule has 1 aliphatic carbocycles. The van der Waals surface area contributed by atoms with E-state index in [0.29, 0.717) is 38.5 Å². The first kappa shape index (κ1) is 20.7. The molecule has 2 aliphatic heterocycles. The molecule has 2 amide bonds. The van der Waals surface area contributed by atoms with Gasteiger partial charge in [-0.05, 0) is 37.3 Å². The lowest BCUT2D eigenvalue weighted by atomic mass is 10.0. The number of benzene rings is 1. The Kier molecular flexibility index (Phi) is 5.22. The Bertz CT molecular complexity index is 928. The molecule has 1 aromatic rings. The van der Waals surface area contributed by atoms with Crippen molar-refractivity contribution in [3.8, 4) is 6.07 Å². The Morgan fingerprint density at radius 3 is 2.57 bits per heavy atom. The number of likely N-dealkylation sites (tertiary alicyclic amines) is 2. The molecule has 2 N–H and O–H groups in total. The average Bonchev–Trinajstić information content (AvgIpc) is 3.23. The first-order valence-corrected chi connectivity index (χ1v) is 10.1. The Labute approximate surface area is 172 Å². The monoisotopic (exact) mass is 420 g/mol. The van der Waals surface area contributed by atoms with Gasteiger partial charge in [0.2, 0.25) is 11.8 Å². The standard InChI is InChI=1S/C21H23F3N4O2/c22-15-8-17(24)16(23)6-13(15)5-14(26)7-19(29)28-4-1-12-9-27(10-18(12)28)20(30)21(11-25)2-3-21/h6,8,12,14,18H,1-5,7,9-10,26H2/t12-,14?,18+/m0/s1. The van der Waals surface area contributed by atoms with Crippen LogP contribution in [0.2, 0.25) is 0 Å². The number of hydrogen-bond acceptors (Lipinski definition) is 4. The van der Waals surface area contributed by atoms with Gasteiger partial charge < -0.3 is 15.5 Å². The number of carbonyl (C=O) groups excluding carboxylic acids is 2. The zero-order valence-corrected chi connectivity index (χ0v) is 16.4. The van der Waals surface area contributed by atoms with E-state index in [1.807, 2.05) is 0 Å². The molecule has 9 heteroatoms. The summed E-state index contributed by atoms with van der Waals surface area (Å²) in [6.07, 6.45) is 1.80. The van der Waals surface area contributed by atoms with Crippen LogP contribution < -0.4 is 5.73 Å². The zero-order chi connectivity index (χ0) is 21.6. The normalized spacial score (nSPS) is 25.0. The van der Waals surface area contributed by atoms with Crippen LogP contribution in [0.1, 0.15) is 31.2 Å². The first-order chi connectivity index (χ1) is 14.2. The molecule has 30 heavy (non-hydrogen) atoms. The van der Waals surface area contributed by atoms with Gasteiger partial charge in [0.25, 0.3) is 0 Å². The average molecular weight is 420 g/mol.